The van der Waals surface area contributed by atoms with Gasteiger partial charge in [0.25, 0.3) is 5.91 Å². The van der Waals surface area contributed by atoms with Crippen LogP contribution in [-0.2, 0) is 4.79 Å². The number of rotatable bonds is 5. The van der Waals surface area contributed by atoms with Gasteiger partial charge in [-0.25, -0.2) is 0 Å². The van der Waals surface area contributed by atoms with Gasteiger partial charge in [0, 0.05) is 74.3 Å². The van der Waals surface area contributed by atoms with Gasteiger partial charge in [-0.05, 0) is 56.2 Å². The molecule has 1 atom stereocenters. The maximum Gasteiger partial charge on any atom is 0.253 e. The summed E-state index contributed by atoms with van der Waals surface area (Å²) in [7, 11) is 3.48. The second kappa shape index (κ2) is 12.1. The van der Waals surface area contributed by atoms with E-state index in [1.165, 1.54) is 6.42 Å². The third kappa shape index (κ3) is 6.08. The van der Waals surface area contributed by atoms with Crippen molar-refractivity contribution in [1.82, 2.24) is 14.8 Å². The Morgan fingerprint density at radius 2 is 1.69 bits per heavy atom. The molecule has 36 heavy (non-hydrogen) atoms. The molecule has 0 aliphatic carbocycles. The van der Waals surface area contributed by atoms with Crippen LogP contribution in [0.5, 0.6) is 0 Å². The molecule has 1 aliphatic heterocycles. The van der Waals surface area contributed by atoms with Gasteiger partial charge in [0.2, 0.25) is 5.91 Å². The summed E-state index contributed by atoms with van der Waals surface area (Å²) in [5.41, 5.74) is 5.55. The summed E-state index contributed by atoms with van der Waals surface area (Å²) in [6, 6.07) is 11.5. The lowest BCUT2D eigenvalue weighted by Gasteiger charge is -2.30. The van der Waals surface area contributed by atoms with Crippen LogP contribution in [0.25, 0.3) is 10.9 Å². The van der Waals surface area contributed by atoms with Crippen LogP contribution in [-0.4, -0.2) is 61.6 Å². The summed E-state index contributed by atoms with van der Waals surface area (Å²) in [6.45, 7) is 14.0. The number of carbonyl (C=O) groups excluding carboxylic acids is 2. The molecular weight excluding hydrogens is 450 g/mol. The first-order valence-electron chi connectivity index (χ1n) is 12.9. The summed E-state index contributed by atoms with van der Waals surface area (Å²) in [4.78, 5) is 29.7. The molecule has 2 N–H and O–H groups in total. The number of benzene rings is 2. The molecule has 0 radical (unpaired) electrons. The molecule has 4 rings (SSSR count). The highest BCUT2D eigenvalue weighted by Gasteiger charge is 2.21. The Morgan fingerprint density at radius 1 is 1.03 bits per heavy atom. The molecule has 0 saturated carbocycles. The van der Waals surface area contributed by atoms with Gasteiger partial charge in [-0.3, -0.25) is 9.59 Å². The average Bonchev–Trinajstić information content (AvgIpc) is 3.20. The maximum absolute atomic E-state index is 13.3. The van der Waals surface area contributed by atoms with E-state index in [9.17, 15) is 9.59 Å². The Hall–Kier alpha value is -3.32. The van der Waals surface area contributed by atoms with Crippen molar-refractivity contribution in [2.24, 2.45) is 0 Å². The van der Waals surface area contributed by atoms with E-state index in [0.29, 0.717) is 5.56 Å². The molecule has 0 bridgehead atoms. The second-order valence-corrected chi connectivity index (χ2v) is 9.76. The minimum absolute atomic E-state index is 0.0558. The summed E-state index contributed by atoms with van der Waals surface area (Å²) in [5.74, 6) is -0.142. The molecule has 1 fully saturated rings. The standard InChI is InChI=1S/C26H33N5O2.C3H8/c1-17-6-8-21(30-12-10-27-11-13-30)15-23(17)28-25(32)19(3)31-16-18(2)22-9-7-20(14-24(22)31)26(33)29(4)5;1-3-2/h6-9,14-16,19,27H,10-13H2,1-5H3,(H,28,32);3H2,1-2H3. The molecule has 2 amide bonds. The number of nitrogens with zero attached hydrogens (tertiary/aromatic N) is 3. The number of hydrogen-bond acceptors (Lipinski definition) is 4. The van der Waals surface area contributed by atoms with Crippen LogP contribution < -0.4 is 15.5 Å². The predicted octanol–water partition coefficient (Wildman–Crippen LogP) is 4.99. The summed E-state index contributed by atoms with van der Waals surface area (Å²) >= 11 is 0. The van der Waals surface area contributed by atoms with Gasteiger partial charge in [-0.2, -0.15) is 0 Å². The van der Waals surface area contributed by atoms with Gasteiger partial charge < -0.3 is 25.0 Å². The first kappa shape index (κ1) is 27.3. The Bertz CT molecular complexity index is 1210. The van der Waals surface area contributed by atoms with Crippen LogP contribution in [0.2, 0.25) is 0 Å². The highest BCUT2D eigenvalue weighted by Crippen LogP contribution is 2.28. The van der Waals surface area contributed by atoms with Gasteiger partial charge in [0.1, 0.15) is 6.04 Å². The van der Waals surface area contributed by atoms with Crippen molar-refractivity contribution in [3.63, 3.8) is 0 Å². The average molecular weight is 492 g/mol. The van der Waals surface area contributed by atoms with Crippen molar-refractivity contribution in [3.05, 3.63) is 59.3 Å². The Morgan fingerprint density at radius 3 is 2.33 bits per heavy atom. The number of nitrogens with one attached hydrogen (secondary N) is 2. The second-order valence-electron chi connectivity index (χ2n) is 9.76. The zero-order valence-electron chi connectivity index (χ0n) is 22.8. The van der Waals surface area contributed by atoms with E-state index in [1.54, 1.807) is 19.0 Å². The van der Waals surface area contributed by atoms with Crippen molar-refractivity contribution >= 4 is 34.1 Å². The minimum Gasteiger partial charge on any atom is -0.369 e. The number of hydrogen-bond donors (Lipinski definition) is 2. The van der Waals surface area contributed by atoms with Gasteiger partial charge in [0.15, 0.2) is 0 Å². The van der Waals surface area contributed by atoms with E-state index in [0.717, 1.165) is 59.6 Å². The molecule has 1 aromatic heterocycles. The number of carbonyl (C=O) groups is 2. The van der Waals surface area contributed by atoms with Gasteiger partial charge in [-0.1, -0.05) is 32.4 Å². The summed E-state index contributed by atoms with van der Waals surface area (Å²) in [6.07, 6.45) is 3.24. The lowest BCUT2D eigenvalue weighted by Crippen LogP contribution is -2.43. The Labute approximate surface area is 215 Å². The SMILES string of the molecule is CCC.Cc1ccc(N2CCNCC2)cc1NC(=O)C(C)n1cc(C)c2ccc(C(=O)N(C)C)cc21. The van der Waals surface area contributed by atoms with Gasteiger partial charge in [-0.15, -0.1) is 0 Å². The molecule has 1 saturated heterocycles. The van der Waals surface area contributed by atoms with Crippen LogP contribution in [0, 0.1) is 13.8 Å². The quantitative estimate of drug-likeness (QED) is 0.528. The van der Waals surface area contributed by atoms with Crippen molar-refractivity contribution in [2.45, 2.75) is 47.1 Å². The third-order valence-corrected chi connectivity index (χ3v) is 6.44. The first-order chi connectivity index (χ1) is 17.2. The lowest BCUT2D eigenvalue weighted by molar-refractivity contribution is -0.118. The molecule has 1 unspecified atom stereocenters. The smallest absolute Gasteiger partial charge is 0.253 e. The Balaban J connectivity index is 0.00000115. The fraction of sp³-hybridized carbons (Fsp3) is 0.448. The van der Waals surface area contributed by atoms with Gasteiger partial charge >= 0.3 is 0 Å². The molecule has 0 spiro atoms. The third-order valence-electron chi connectivity index (χ3n) is 6.44. The fourth-order valence-corrected chi connectivity index (χ4v) is 4.37. The summed E-state index contributed by atoms with van der Waals surface area (Å²) < 4.78 is 1.96. The number of piperazine rings is 1. The monoisotopic (exact) mass is 491 g/mol. The summed E-state index contributed by atoms with van der Waals surface area (Å²) in [5, 5.41) is 7.56. The number of aromatic nitrogens is 1. The Kier molecular flexibility index (Phi) is 9.15. The largest absolute Gasteiger partial charge is 0.369 e. The molecule has 194 valence electrons. The molecule has 2 heterocycles. The van der Waals surface area contributed by atoms with E-state index >= 15 is 0 Å². The molecule has 7 nitrogen and oxygen atoms in total. The number of fused-ring (bicyclic) bond motifs is 1. The zero-order valence-corrected chi connectivity index (χ0v) is 22.8. The predicted molar refractivity (Wildman–Crippen MR) is 150 cm³/mol. The van der Waals surface area contributed by atoms with Crippen LogP contribution in [0.3, 0.4) is 0 Å². The molecule has 7 heteroatoms. The van der Waals surface area contributed by atoms with Crippen molar-refractivity contribution in [3.8, 4) is 0 Å². The number of amides is 2. The first-order valence-corrected chi connectivity index (χ1v) is 12.9. The van der Waals surface area contributed by atoms with Crippen LogP contribution in [0.15, 0.2) is 42.6 Å². The zero-order chi connectivity index (χ0) is 26.4. The van der Waals surface area contributed by atoms with E-state index < -0.39 is 6.04 Å². The minimum atomic E-state index is -0.437. The van der Waals surface area contributed by atoms with Crippen LogP contribution in [0.4, 0.5) is 11.4 Å². The van der Waals surface area contributed by atoms with E-state index in [1.807, 2.05) is 49.7 Å². The molecule has 3 aromatic rings. The fourth-order valence-electron chi connectivity index (χ4n) is 4.37. The highest BCUT2D eigenvalue weighted by molar-refractivity contribution is 6.00. The van der Waals surface area contributed by atoms with Crippen molar-refractivity contribution in [1.29, 1.82) is 0 Å². The van der Waals surface area contributed by atoms with E-state index in [2.05, 4.69) is 47.6 Å². The van der Waals surface area contributed by atoms with Crippen LogP contribution in [0.1, 0.15) is 54.7 Å². The number of anilines is 2. The maximum atomic E-state index is 13.3. The molecular formula is C29H41N5O2. The molecule has 1 aliphatic rings. The topological polar surface area (TPSA) is 69.6 Å². The van der Waals surface area contributed by atoms with Crippen molar-refractivity contribution in [2.75, 3.05) is 50.5 Å². The highest BCUT2D eigenvalue weighted by atomic mass is 16.2. The number of aryl methyl sites for hydroxylation is 2. The lowest BCUT2D eigenvalue weighted by atomic mass is 10.1. The normalized spacial score (nSPS) is 14.1. The van der Waals surface area contributed by atoms with E-state index in [-0.39, 0.29) is 11.8 Å². The van der Waals surface area contributed by atoms with Gasteiger partial charge in [0.05, 0.1) is 0 Å². The molecule has 2 aromatic carbocycles. The van der Waals surface area contributed by atoms with Crippen LogP contribution >= 0.6 is 0 Å². The van der Waals surface area contributed by atoms with Crippen molar-refractivity contribution < 1.29 is 9.59 Å². The van der Waals surface area contributed by atoms with E-state index in [4.69, 9.17) is 0 Å².